The van der Waals surface area contributed by atoms with Crippen LogP contribution in [-0.4, -0.2) is 36.1 Å². The number of halogens is 3. The number of anilines is 1. The van der Waals surface area contributed by atoms with E-state index in [-0.39, 0.29) is 5.56 Å². The van der Waals surface area contributed by atoms with Gasteiger partial charge in [-0.3, -0.25) is 4.79 Å². The Kier molecular flexibility index (Phi) is 6.05. The van der Waals surface area contributed by atoms with Crippen LogP contribution in [0.5, 0.6) is 0 Å². The van der Waals surface area contributed by atoms with Crippen molar-refractivity contribution in [2.75, 3.05) is 18.4 Å². The highest BCUT2D eigenvalue weighted by molar-refractivity contribution is 5.94. The van der Waals surface area contributed by atoms with E-state index in [1.165, 1.54) is 0 Å². The first-order chi connectivity index (χ1) is 9.74. The Balaban J connectivity index is 2.84. The van der Waals surface area contributed by atoms with Gasteiger partial charge in [-0.05, 0) is 44.5 Å². The Hall–Kier alpha value is -1.72. The van der Waals surface area contributed by atoms with Gasteiger partial charge < -0.3 is 10.2 Å². The van der Waals surface area contributed by atoms with Crippen LogP contribution in [-0.2, 0) is 0 Å². The highest BCUT2D eigenvalue weighted by atomic mass is 19.4. The molecule has 0 unspecified atom stereocenters. The molecule has 0 aliphatic carbocycles. The van der Waals surface area contributed by atoms with Crippen LogP contribution in [0.2, 0.25) is 0 Å². The van der Waals surface area contributed by atoms with Crippen molar-refractivity contribution in [3.8, 4) is 0 Å². The van der Waals surface area contributed by atoms with Gasteiger partial charge in [0.15, 0.2) is 0 Å². The number of amides is 1. The molecular weight excluding hydrogens is 281 g/mol. The third-order valence-corrected chi connectivity index (χ3v) is 2.94. The SMILES string of the molecule is CCCNc1ccc(C(=O)N(CC(F)(F)F)C(C)C)cc1. The Morgan fingerprint density at radius 2 is 1.81 bits per heavy atom. The molecule has 118 valence electrons. The van der Waals surface area contributed by atoms with E-state index in [4.69, 9.17) is 0 Å². The molecule has 1 aromatic carbocycles. The predicted molar refractivity (Wildman–Crippen MR) is 77.5 cm³/mol. The average molecular weight is 302 g/mol. The van der Waals surface area contributed by atoms with Gasteiger partial charge >= 0.3 is 6.18 Å². The van der Waals surface area contributed by atoms with Gasteiger partial charge in [0, 0.05) is 23.8 Å². The summed E-state index contributed by atoms with van der Waals surface area (Å²) in [5, 5.41) is 3.15. The first kappa shape index (κ1) is 17.3. The van der Waals surface area contributed by atoms with Crippen LogP contribution in [0.1, 0.15) is 37.6 Å². The van der Waals surface area contributed by atoms with Gasteiger partial charge in [-0.1, -0.05) is 6.92 Å². The molecule has 0 aliphatic heterocycles. The molecule has 0 spiro atoms. The lowest BCUT2D eigenvalue weighted by Crippen LogP contribution is -2.43. The van der Waals surface area contributed by atoms with Crippen LogP contribution in [0.3, 0.4) is 0 Å². The minimum absolute atomic E-state index is 0.259. The minimum atomic E-state index is -4.40. The minimum Gasteiger partial charge on any atom is -0.385 e. The van der Waals surface area contributed by atoms with E-state index in [0.717, 1.165) is 23.6 Å². The normalized spacial score (nSPS) is 11.6. The summed E-state index contributed by atoms with van der Waals surface area (Å²) < 4.78 is 37.6. The molecule has 0 atom stereocenters. The number of nitrogens with zero attached hydrogens (tertiary/aromatic N) is 1. The second-order valence-corrected chi connectivity index (χ2v) is 5.15. The lowest BCUT2D eigenvalue weighted by Gasteiger charge is -2.27. The summed E-state index contributed by atoms with van der Waals surface area (Å²) in [7, 11) is 0. The average Bonchev–Trinajstić information content (AvgIpc) is 2.41. The van der Waals surface area contributed by atoms with Crippen LogP contribution in [0, 0.1) is 0 Å². The monoisotopic (exact) mass is 302 g/mol. The first-order valence-electron chi connectivity index (χ1n) is 6.96. The van der Waals surface area contributed by atoms with E-state index >= 15 is 0 Å². The number of nitrogens with one attached hydrogen (secondary N) is 1. The first-order valence-corrected chi connectivity index (χ1v) is 6.96. The van der Waals surface area contributed by atoms with Gasteiger partial charge in [-0.2, -0.15) is 13.2 Å². The van der Waals surface area contributed by atoms with E-state index in [0.29, 0.717) is 0 Å². The molecule has 0 saturated heterocycles. The zero-order valence-electron chi connectivity index (χ0n) is 12.5. The third kappa shape index (κ3) is 5.65. The third-order valence-electron chi connectivity index (χ3n) is 2.94. The summed E-state index contributed by atoms with van der Waals surface area (Å²) in [5.74, 6) is -0.607. The maximum absolute atomic E-state index is 12.5. The molecule has 6 heteroatoms. The van der Waals surface area contributed by atoms with Crippen molar-refractivity contribution in [3.05, 3.63) is 29.8 Å². The fourth-order valence-electron chi connectivity index (χ4n) is 1.85. The van der Waals surface area contributed by atoms with Crippen molar-refractivity contribution < 1.29 is 18.0 Å². The molecule has 1 rings (SSSR count). The van der Waals surface area contributed by atoms with E-state index in [1.807, 2.05) is 6.92 Å². The van der Waals surface area contributed by atoms with Gasteiger partial charge in [0.2, 0.25) is 0 Å². The lowest BCUT2D eigenvalue weighted by atomic mass is 10.1. The van der Waals surface area contributed by atoms with E-state index in [2.05, 4.69) is 5.32 Å². The van der Waals surface area contributed by atoms with Crippen molar-refractivity contribution in [2.45, 2.75) is 39.4 Å². The summed E-state index contributed by atoms with van der Waals surface area (Å²) in [6.45, 7) is 4.74. The van der Waals surface area contributed by atoms with Crippen LogP contribution >= 0.6 is 0 Å². The number of alkyl halides is 3. The molecule has 0 saturated carbocycles. The molecule has 3 nitrogen and oxygen atoms in total. The Morgan fingerprint density at radius 1 is 1.24 bits per heavy atom. The molecule has 0 fully saturated rings. The second kappa shape index (κ2) is 7.33. The predicted octanol–water partition coefficient (Wildman–Crippen LogP) is 3.92. The van der Waals surface area contributed by atoms with Crippen molar-refractivity contribution in [3.63, 3.8) is 0 Å². The zero-order chi connectivity index (χ0) is 16.0. The Labute approximate surface area is 123 Å². The summed E-state index contributed by atoms with van der Waals surface area (Å²) in [4.78, 5) is 13.0. The molecule has 1 N–H and O–H groups in total. The quantitative estimate of drug-likeness (QED) is 0.863. The molecule has 0 radical (unpaired) electrons. The second-order valence-electron chi connectivity index (χ2n) is 5.15. The molecule has 0 heterocycles. The summed E-state index contributed by atoms with van der Waals surface area (Å²) in [5.41, 5.74) is 1.11. The summed E-state index contributed by atoms with van der Waals surface area (Å²) >= 11 is 0. The van der Waals surface area contributed by atoms with E-state index < -0.39 is 24.7 Å². The van der Waals surface area contributed by atoms with Crippen LogP contribution in [0.4, 0.5) is 18.9 Å². The standard InChI is InChI=1S/C15H21F3N2O/c1-4-9-19-13-7-5-12(6-8-13)14(21)20(11(2)3)10-15(16,17)18/h5-8,11,19H,4,9-10H2,1-3H3. The van der Waals surface area contributed by atoms with Gasteiger partial charge in [-0.25, -0.2) is 0 Å². The van der Waals surface area contributed by atoms with Crippen molar-refractivity contribution in [1.82, 2.24) is 4.90 Å². The molecule has 0 aliphatic rings. The fourth-order valence-corrected chi connectivity index (χ4v) is 1.85. The van der Waals surface area contributed by atoms with Gasteiger partial charge in [0.05, 0.1) is 0 Å². The van der Waals surface area contributed by atoms with Crippen molar-refractivity contribution in [1.29, 1.82) is 0 Å². The highest BCUT2D eigenvalue weighted by Crippen LogP contribution is 2.20. The number of carbonyl (C=O) groups is 1. The molecule has 0 bridgehead atoms. The maximum atomic E-state index is 12.5. The largest absolute Gasteiger partial charge is 0.406 e. The number of rotatable bonds is 6. The molecule has 0 aromatic heterocycles. The summed E-state index contributed by atoms with van der Waals surface area (Å²) in [6, 6.07) is 5.99. The number of carbonyl (C=O) groups excluding carboxylic acids is 1. The Morgan fingerprint density at radius 3 is 2.24 bits per heavy atom. The molecule has 1 amide bonds. The van der Waals surface area contributed by atoms with E-state index in [1.54, 1.807) is 38.1 Å². The van der Waals surface area contributed by atoms with Gasteiger partial charge in [0.1, 0.15) is 6.54 Å². The molecule has 1 aromatic rings. The van der Waals surface area contributed by atoms with Crippen LogP contribution < -0.4 is 5.32 Å². The topological polar surface area (TPSA) is 32.3 Å². The fraction of sp³-hybridized carbons (Fsp3) is 0.533. The number of hydrogen-bond acceptors (Lipinski definition) is 2. The smallest absolute Gasteiger partial charge is 0.385 e. The number of hydrogen-bond donors (Lipinski definition) is 1. The molecular formula is C15H21F3N2O. The number of benzene rings is 1. The van der Waals surface area contributed by atoms with Gasteiger partial charge in [0.25, 0.3) is 5.91 Å². The van der Waals surface area contributed by atoms with Crippen molar-refractivity contribution in [2.24, 2.45) is 0 Å². The van der Waals surface area contributed by atoms with Crippen LogP contribution in [0.15, 0.2) is 24.3 Å². The zero-order valence-corrected chi connectivity index (χ0v) is 12.5. The van der Waals surface area contributed by atoms with E-state index in [9.17, 15) is 18.0 Å². The maximum Gasteiger partial charge on any atom is 0.406 e. The Bertz CT molecular complexity index is 455. The van der Waals surface area contributed by atoms with Gasteiger partial charge in [-0.15, -0.1) is 0 Å². The van der Waals surface area contributed by atoms with Crippen LogP contribution in [0.25, 0.3) is 0 Å². The summed E-state index contributed by atoms with van der Waals surface area (Å²) in [6.07, 6.45) is -3.43. The van der Waals surface area contributed by atoms with Crippen molar-refractivity contribution >= 4 is 11.6 Å². The molecule has 21 heavy (non-hydrogen) atoms. The highest BCUT2D eigenvalue weighted by Gasteiger charge is 2.34. The lowest BCUT2D eigenvalue weighted by molar-refractivity contribution is -0.143.